The molecular weight excluding hydrogens is 261 g/mol. The number of hydrogen-bond acceptors (Lipinski definition) is 1. The van der Waals surface area contributed by atoms with Gasteiger partial charge in [-0.2, -0.15) is 0 Å². The molecule has 2 aromatic carbocycles. The van der Waals surface area contributed by atoms with Gasteiger partial charge in [-0.25, -0.2) is 4.39 Å². The molecule has 0 bridgehead atoms. The Bertz CT molecular complexity index is 587. The normalized spacial score (nSPS) is 12.7. The van der Waals surface area contributed by atoms with Crippen LogP contribution in [0.15, 0.2) is 42.5 Å². The fraction of sp³-hybridized carbons (Fsp3) is 0.368. The summed E-state index contributed by atoms with van der Waals surface area (Å²) in [4.78, 5) is 0. The summed E-state index contributed by atoms with van der Waals surface area (Å²) in [5.41, 5.74) is 4.19. The van der Waals surface area contributed by atoms with Gasteiger partial charge in [0.05, 0.1) is 6.04 Å². The van der Waals surface area contributed by atoms with Crippen molar-refractivity contribution in [3.05, 3.63) is 70.5 Å². The Morgan fingerprint density at radius 1 is 1.05 bits per heavy atom. The van der Waals surface area contributed by atoms with Crippen molar-refractivity contribution in [3.8, 4) is 0 Å². The first-order valence-electron chi connectivity index (χ1n) is 7.53. The molecule has 0 spiro atoms. The van der Waals surface area contributed by atoms with Crippen molar-refractivity contribution in [2.24, 2.45) is 5.92 Å². The quantitative estimate of drug-likeness (QED) is 0.843. The van der Waals surface area contributed by atoms with Crippen LogP contribution in [-0.4, -0.2) is 7.05 Å². The van der Waals surface area contributed by atoms with E-state index >= 15 is 0 Å². The second-order valence-corrected chi connectivity index (χ2v) is 6.09. The Labute approximate surface area is 127 Å². The predicted octanol–water partition coefficient (Wildman–Crippen LogP) is 4.64. The largest absolute Gasteiger partial charge is 0.309 e. The smallest absolute Gasteiger partial charge is 0.128 e. The van der Waals surface area contributed by atoms with Crippen molar-refractivity contribution in [2.75, 3.05) is 7.05 Å². The van der Waals surface area contributed by atoms with Gasteiger partial charge in [0, 0.05) is 5.56 Å². The van der Waals surface area contributed by atoms with Crippen molar-refractivity contribution in [1.82, 2.24) is 5.32 Å². The second-order valence-electron chi connectivity index (χ2n) is 6.09. The molecule has 112 valence electrons. The minimum absolute atomic E-state index is 0.113. The average molecular weight is 285 g/mol. The van der Waals surface area contributed by atoms with Gasteiger partial charge < -0.3 is 5.32 Å². The number of aryl methyl sites for hydroxylation is 1. The number of benzene rings is 2. The van der Waals surface area contributed by atoms with E-state index in [9.17, 15) is 4.39 Å². The van der Waals surface area contributed by atoms with Gasteiger partial charge in [-0.3, -0.25) is 0 Å². The summed E-state index contributed by atoms with van der Waals surface area (Å²) in [6.07, 6.45) is 1.07. The molecule has 1 unspecified atom stereocenters. The third kappa shape index (κ3) is 3.92. The molecule has 0 aromatic heterocycles. The van der Waals surface area contributed by atoms with Crippen LogP contribution in [0, 0.1) is 18.7 Å². The topological polar surface area (TPSA) is 12.0 Å². The molecule has 0 amide bonds. The second kappa shape index (κ2) is 6.86. The summed E-state index contributed by atoms with van der Waals surface area (Å²) in [5, 5.41) is 3.22. The van der Waals surface area contributed by atoms with Crippen molar-refractivity contribution < 1.29 is 4.39 Å². The molecule has 2 heteroatoms. The van der Waals surface area contributed by atoms with Crippen LogP contribution in [0.3, 0.4) is 0 Å². The Morgan fingerprint density at radius 2 is 1.71 bits per heavy atom. The van der Waals surface area contributed by atoms with Crippen molar-refractivity contribution in [2.45, 2.75) is 33.2 Å². The third-order valence-corrected chi connectivity index (χ3v) is 3.71. The Kier molecular flexibility index (Phi) is 5.13. The Hall–Kier alpha value is -1.67. The van der Waals surface area contributed by atoms with Gasteiger partial charge in [0.2, 0.25) is 0 Å². The maximum Gasteiger partial charge on any atom is 0.128 e. The monoisotopic (exact) mass is 285 g/mol. The van der Waals surface area contributed by atoms with Crippen LogP contribution in [0.1, 0.15) is 42.1 Å². The van der Waals surface area contributed by atoms with E-state index in [4.69, 9.17) is 0 Å². The predicted molar refractivity (Wildman–Crippen MR) is 87.0 cm³/mol. The van der Waals surface area contributed by atoms with Crippen LogP contribution in [-0.2, 0) is 6.42 Å². The first-order valence-corrected chi connectivity index (χ1v) is 7.53. The van der Waals surface area contributed by atoms with Crippen molar-refractivity contribution in [3.63, 3.8) is 0 Å². The van der Waals surface area contributed by atoms with Crippen LogP contribution < -0.4 is 5.32 Å². The summed E-state index contributed by atoms with van der Waals surface area (Å²) in [7, 11) is 1.87. The molecule has 0 aliphatic rings. The lowest BCUT2D eigenvalue weighted by molar-refractivity contribution is 0.575. The number of nitrogens with one attached hydrogen (secondary N) is 1. The molecule has 0 fully saturated rings. The zero-order valence-electron chi connectivity index (χ0n) is 13.3. The minimum Gasteiger partial charge on any atom is -0.309 e. The Morgan fingerprint density at radius 3 is 2.29 bits per heavy atom. The molecule has 1 nitrogen and oxygen atoms in total. The molecule has 21 heavy (non-hydrogen) atoms. The third-order valence-electron chi connectivity index (χ3n) is 3.71. The van der Waals surface area contributed by atoms with Gasteiger partial charge in [0.15, 0.2) is 0 Å². The van der Waals surface area contributed by atoms with Gasteiger partial charge in [0.25, 0.3) is 0 Å². The van der Waals surface area contributed by atoms with Crippen molar-refractivity contribution in [1.29, 1.82) is 0 Å². The van der Waals surface area contributed by atoms with E-state index in [0.717, 1.165) is 17.5 Å². The van der Waals surface area contributed by atoms with Gasteiger partial charge in [0.1, 0.15) is 5.82 Å². The fourth-order valence-corrected chi connectivity index (χ4v) is 2.70. The highest BCUT2D eigenvalue weighted by molar-refractivity contribution is 5.36. The number of rotatable bonds is 5. The number of hydrogen-bond donors (Lipinski definition) is 1. The van der Waals surface area contributed by atoms with Crippen LogP contribution in [0.25, 0.3) is 0 Å². The van der Waals surface area contributed by atoms with Crippen LogP contribution >= 0.6 is 0 Å². The highest BCUT2D eigenvalue weighted by Crippen LogP contribution is 2.25. The van der Waals surface area contributed by atoms with E-state index in [1.165, 1.54) is 5.56 Å². The maximum atomic E-state index is 14.1. The molecule has 0 saturated carbocycles. The lowest BCUT2D eigenvalue weighted by Gasteiger charge is -2.19. The minimum atomic E-state index is -0.161. The molecule has 0 aliphatic heterocycles. The number of halogens is 1. The zero-order valence-corrected chi connectivity index (χ0v) is 13.3. The van der Waals surface area contributed by atoms with E-state index in [2.05, 4.69) is 43.4 Å². The van der Waals surface area contributed by atoms with Gasteiger partial charge in [-0.1, -0.05) is 55.8 Å². The van der Waals surface area contributed by atoms with E-state index in [0.29, 0.717) is 11.5 Å². The van der Waals surface area contributed by atoms with E-state index in [1.54, 1.807) is 12.1 Å². The summed E-state index contributed by atoms with van der Waals surface area (Å²) >= 11 is 0. The fourth-order valence-electron chi connectivity index (χ4n) is 2.70. The molecule has 0 radical (unpaired) electrons. The lowest BCUT2D eigenvalue weighted by atomic mass is 9.94. The summed E-state index contributed by atoms with van der Waals surface area (Å²) in [5.74, 6) is 0.483. The van der Waals surface area contributed by atoms with E-state index in [1.807, 2.05) is 20.0 Å². The SMILES string of the molecule is CNC(c1ccc(CC(C)C)cc1)c1cc(C)ccc1F. The summed E-state index contributed by atoms with van der Waals surface area (Å²) in [6.45, 7) is 6.42. The van der Waals surface area contributed by atoms with Gasteiger partial charge in [-0.15, -0.1) is 0 Å². The van der Waals surface area contributed by atoms with Crippen LogP contribution in [0.2, 0.25) is 0 Å². The summed E-state index contributed by atoms with van der Waals surface area (Å²) in [6, 6.07) is 13.6. The Balaban J connectivity index is 2.31. The molecule has 1 atom stereocenters. The lowest BCUT2D eigenvalue weighted by Crippen LogP contribution is -2.19. The molecule has 0 heterocycles. The average Bonchev–Trinajstić information content (AvgIpc) is 2.44. The first kappa shape index (κ1) is 15.7. The molecule has 0 saturated heterocycles. The van der Waals surface area contributed by atoms with E-state index < -0.39 is 0 Å². The first-order chi connectivity index (χ1) is 10.0. The van der Waals surface area contributed by atoms with Crippen molar-refractivity contribution >= 4 is 0 Å². The highest BCUT2D eigenvalue weighted by atomic mass is 19.1. The maximum absolute atomic E-state index is 14.1. The van der Waals surface area contributed by atoms with Crippen LogP contribution in [0.5, 0.6) is 0 Å². The standard InChI is InChI=1S/C19H24FN/c1-13(2)11-15-6-8-16(9-7-15)19(21-4)17-12-14(3)5-10-18(17)20/h5-10,12-13,19,21H,11H2,1-4H3. The van der Waals surface area contributed by atoms with Gasteiger partial charge in [-0.05, 0) is 43.5 Å². The van der Waals surface area contributed by atoms with Gasteiger partial charge >= 0.3 is 0 Å². The molecular formula is C19H24FN. The van der Waals surface area contributed by atoms with E-state index in [-0.39, 0.29) is 11.9 Å². The zero-order chi connectivity index (χ0) is 15.4. The van der Waals surface area contributed by atoms with Crippen LogP contribution in [0.4, 0.5) is 4.39 Å². The molecule has 1 N–H and O–H groups in total. The molecule has 0 aliphatic carbocycles. The highest BCUT2D eigenvalue weighted by Gasteiger charge is 2.16. The molecule has 2 rings (SSSR count). The molecule has 2 aromatic rings. The summed E-state index contributed by atoms with van der Waals surface area (Å²) < 4.78 is 14.1.